The second-order valence-corrected chi connectivity index (χ2v) is 4.74. The number of aromatic nitrogens is 1. The summed E-state index contributed by atoms with van der Waals surface area (Å²) in [6.07, 6.45) is 13.3. The molecule has 17 heavy (non-hydrogen) atoms. The highest BCUT2D eigenvalue weighted by Gasteiger charge is 2.12. The molecule has 0 amide bonds. The third-order valence-corrected chi connectivity index (χ3v) is 3.33. The Morgan fingerprint density at radius 2 is 2.29 bits per heavy atom. The second kappa shape index (κ2) is 6.52. The normalized spacial score (nSPS) is 17.6. The zero-order valence-corrected chi connectivity index (χ0v) is 10.2. The van der Waals surface area contributed by atoms with E-state index in [9.17, 15) is 0 Å². The fraction of sp³-hybridized carbons (Fsp3) is 0.500. The molecule has 0 radical (unpaired) electrons. The predicted molar refractivity (Wildman–Crippen MR) is 70.2 cm³/mol. The molecule has 1 aliphatic carbocycles. The van der Waals surface area contributed by atoms with Gasteiger partial charge < -0.3 is 0 Å². The molecule has 1 aromatic heterocycles. The van der Waals surface area contributed by atoms with Crippen molar-refractivity contribution in [2.45, 2.75) is 44.6 Å². The van der Waals surface area contributed by atoms with E-state index in [0.29, 0.717) is 6.04 Å². The van der Waals surface area contributed by atoms with Gasteiger partial charge in [0.05, 0.1) is 0 Å². The van der Waals surface area contributed by atoms with Gasteiger partial charge in [-0.2, -0.15) is 0 Å². The molecular weight excluding hydrogens is 210 g/mol. The zero-order valence-electron chi connectivity index (χ0n) is 10.2. The van der Waals surface area contributed by atoms with Crippen LogP contribution in [0.1, 0.15) is 37.7 Å². The van der Waals surface area contributed by atoms with Crippen LogP contribution in [-0.2, 0) is 6.42 Å². The van der Waals surface area contributed by atoms with Gasteiger partial charge in [0.1, 0.15) is 0 Å². The molecule has 0 saturated heterocycles. The maximum absolute atomic E-state index is 5.64. The fourth-order valence-electron chi connectivity index (χ4n) is 2.40. The molecule has 0 saturated carbocycles. The van der Waals surface area contributed by atoms with Gasteiger partial charge in [0, 0.05) is 18.4 Å². The molecule has 0 fully saturated rings. The van der Waals surface area contributed by atoms with Gasteiger partial charge in [-0.05, 0) is 50.2 Å². The van der Waals surface area contributed by atoms with Crippen LogP contribution in [0.5, 0.6) is 0 Å². The molecule has 0 aromatic carbocycles. The highest BCUT2D eigenvalue weighted by molar-refractivity contribution is 5.13. The van der Waals surface area contributed by atoms with Crippen LogP contribution < -0.4 is 11.3 Å². The fourth-order valence-corrected chi connectivity index (χ4v) is 2.40. The topological polar surface area (TPSA) is 50.9 Å². The van der Waals surface area contributed by atoms with E-state index in [1.165, 1.54) is 31.2 Å². The molecule has 1 aliphatic rings. The van der Waals surface area contributed by atoms with Crippen LogP contribution in [0.2, 0.25) is 0 Å². The van der Waals surface area contributed by atoms with Gasteiger partial charge in [-0.15, -0.1) is 0 Å². The minimum atomic E-state index is 0.323. The number of pyridine rings is 1. The highest BCUT2D eigenvalue weighted by atomic mass is 15.2. The smallest absolute Gasteiger partial charge is 0.0300 e. The first-order chi connectivity index (χ1) is 8.38. The lowest BCUT2D eigenvalue weighted by atomic mass is 9.92. The molecule has 0 aliphatic heterocycles. The molecule has 1 atom stereocenters. The van der Waals surface area contributed by atoms with Crippen LogP contribution in [0, 0.1) is 0 Å². The summed E-state index contributed by atoms with van der Waals surface area (Å²) < 4.78 is 0. The quantitative estimate of drug-likeness (QED) is 0.464. The van der Waals surface area contributed by atoms with E-state index in [0.717, 1.165) is 12.8 Å². The summed E-state index contributed by atoms with van der Waals surface area (Å²) in [5, 5.41) is 0. The van der Waals surface area contributed by atoms with Gasteiger partial charge in [0.15, 0.2) is 0 Å². The lowest BCUT2D eigenvalue weighted by molar-refractivity contribution is 0.504. The van der Waals surface area contributed by atoms with Gasteiger partial charge in [0.2, 0.25) is 0 Å². The van der Waals surface area contributed by atoms with E-state index >= 15 is 0 Å². The molecule has 92 valence electrons. The minimum absolute atomic E-state index is 0.323. The Hall–Kier alpha value is -1.19. The van der Waals surface area contributed by atoms with Crippen molar-refractivity contribution in [2.24, 2.45) is 5.84 Å². The van der Waals surface area contributed by atoms with E-state index < -0.39 is 0 Å². The van der Waals surface area contributed by atoms with Crippen LogP contribution in [0.25, 0.3) is 0 Å². The average Bonchev–Trinajstić information content (AvgIpc) is 2.40. The summed E-state index contributed by atoms with van der Waals surface area (Å²) in [6.45, 7) is 0. The van der Waals surface area contributed by atoms with Crippen molar-refractivity contribution in [1.82, 2.24) is 10.4 Å². The Balaban J connectivity index is 1.90. The zero-order chi connectivity index (χ0) is 11.9. The SMILES string of the molecule is NNC(CC1=CCCCC1)Cc1cccnc1. The molecule has 1 unspecified atom stereocenters. The first-order valence-corrected chi connectivity index (χ1v) is 6.41. The first kappa shape index (κ1) is 12.3. The molecule has 0 spiro atoms. The van der Waals surface area contributed by atoms with Crippen LogP contribution in [0.15, 0.2) is 36.2 Å². The molecule has 1 aromatic rings. The molecule has 1 heterocycles. The number of allylic oxidation sites excluding steroid dienone is 1. The molecule has 3 nitrogen and oxygen atoms in total. The van der Waals surface area contributed by atoms with E-state index in [1.54, 1.807) is 11.8 Å². The molecule has 0 bridgehead atoms. The van der Waals surface area contributed by atoms with Crippen LogP contribution >= 0.6 is 0 Å². The Morgan fingerprint density at radius 1 is 1.35 bits per heavy atom. The van der Waals surface area contributed by atoms with E-state index in [4.69, 9.17) is 5.84 Å². The van der Waals surface area contributed by atoms with Crippen molar-refractivity contribution >= 4 is 0 Å². The summed E-state index contributed by atoms with van der Waals surface area (Å²) in [7, 11) is 0. The Morgan fingerprint density at radius 3 is 2.94 bits per heavy atom. The van der Waals surface area contributed by atoms with Gasteiger partial charge in [-0.1, -0.05) is 17.7 Å². The number of hydrazine groups is 1. The van der Waals surface area contributed by atoms with Gasteiger partial charge >= 0.3 is 0 Å². The van der Waals surface area contributed by atoms with Crippen molar-refractivity contribution in [3.63, 3.8) is 0 Å². The Bertz CT molecular complexity index is 359. The lowest BCUT2D eigenvalue weighted by Gasteiger charge is -2.20. The van der Waals surface area contributed by atoms with E-state index in [1.807, 2.05) is 12.3 Å². The number of rotatable bonds is 5. The summed E-state index contributed by atoms with van der Waals surface area (Å²) in [4.78, 5) is 4.14. The van der Waals surface area contributed by atoms with Crippen molar-refractivity contribution in [3.05, 3.63) is 41.7 Å². The second-order valence-electron chi connectivity index (χ2n) is 4.74. The molecule has 2 rings (SSSR count). The van der Waals surface area contributed by atoms with Crippen molar-refractivity contribution in [2.75, 3.05) is 0 Å². The van der Waals surface area contributed by atoms with Crippen LogP contribution in [0.3, 0.4) is 0 Å². The number of nitrogens with two attached hydrogens (primary N) is 1. The maximum Gasteiger partial charge on any atom is 0.0300 e. The summed E-state index contributed by atoms with van der Waals surface area (Å²) in [5.41, 5.74) is 5.73. The maximum atomic E-state index is 5.64. The largest absolute Gasteiger partial charge is 0.271 e. The minimum Gasteiger partial charge on any atom is -0.271 e. The Kier molecular flexibility index (Phi) is 4.71. The number of nitrogens with one attached hydrogen (secondary N) is 1. The van der Waals surface area contributed by atoms with E-state index in [-0.39, 0.29) is 0 Å². The van der Waals surface area contributed by atoms with Gasteiger partial charge in [0.25, 0.3) is 0 Å². The van der Waals surface area contributed by atoms with Crippen LogP contribution in [0.4, 0.5) is 0 Å². The average molecular weight is 231 g/mol. The predicted octanol–water partition coefficient (Wildman–Crippen LogP) is 2.35. The number of nitrogens with zero attached hydrogens (tertiary/aromatic N) is 1. The number of hydrogen-bond acceptors (Lipinski definition) is 3. The van der Waals surface area contributed by atoms with Crippen molar-refractivity contribution in [3.8, 4) is 0 Å². The highest BCUT2D eigenvalue weighted by Crippen LogP contribution is 2.22. The van der Waals surface area contributed by atoms with Gasteiger partial charge in [-0.3, -0.25) is 16.3 Å². The van der Waals surface area contributed by atoms with Gasteiger partial charge in [-0.25, -0.2) is 0 Å². The first-order valence-electron chi connectivity index (χ1n) is 6.41. The molecular formula is C14H21N3. The third kappa shape index (κ3) is 3.95. The number of hydrogen-bond donors (Lipinski definition) is 2. The monoisotopic (exact) mass is 231 g/mol. The van der Waals surface area contributed by atoms with Crippen LogP contribution in [-0.4, -0.2) is 11.0 Å². The summed E-state index contributed by atoms with van der Waals surface area (Å²) in [6, 6.07) is 4.40. The summed E-state index contributed by atoms with van der Waals surface area (Å²) in [5.74, 6) is 5.64. The standard InChI is InChI=1S/C14H21N3/c15-17-14(9-12-5-2-1-3-6-12)10-13-7-4-8-16-11-13/h4-5,7-8,11,14,17H,1-3,6,9-10,15H2. The lowest BCUT2D eigenvalue weighted by Crippen LogP contribution is -2.37. The summed E-state index contributed by atoms with van der Waals surface area (Å²) >= 11 is 0. The van der Waals surface area contributed by atoms with Crippen molar-refractivity contribution < 1.29 is 0 Å². The van der Waals surface area contributed by atoms with E-state index in [2.05, 4.69) is 22.6 Å². The molecule has 3 N–H and O–H groups in total. The third-order valence-electron chi connectivity index (χ3n) is 3.33. The van der Waals surface area contributed by atoms with Crippen molar-refractivity contribution in [1.29, 1.82) is 0 Å². The molecule has 3 heteroatoms. The Labute approximate surface area is 103 Å².